The zero-order chi connectivity index (χ0) is 15.6. The van der Waals surface area contributed by atoms with Crippen molar-refractivity contribution in [1.29, 1.82) is 0 Å². The van der Waals surface area contributed by atoms with Gasteiger partial charge in [0.15, 0.2) is 0 Å². The molecule has 1 aliphatic carbocycles. The number of fused-ring (bicyclic) bond motifs is 1. The fourth-order valence-electron chi connectivity index (χ4n) is 4.01. The average Bonchev–Trinajstić information content (AvgIpc) is 3.25. The van der Waals surface area contributed by atoms with E-state index in [1.54, 1.807) is 6.20 Å². The lowest BCUT2D eigenvalue weighted by Crippen LogP contribution is -2.40. The van der Waals surface area contributed by atoms with Gasteiger partial charge in [-0.1, -0.05) is 6.07 Å². The van der Waals surface area contributed by atoms with Gasteiger partial charge in [-0.3, -0.25) is 9.89 Å². The second-order valence-electron chi connectivity index (χ2n) is 6.88. The third-order valence-electron chi connectivity index (χ3n) is 5.22. The fraction of sp³-hybridized carbons (Fsp3) is 0.474. The predicted molar refractivity (Wildman–Crippen MR) is 89.4 cm³/mol. The van der Waals surface area contributed by atoms with Crippen molar-refractivity contribution in [3.63, 3.8) is 0 Å². The van der Waals surface area contributed by atoms with Crippen LogP contribution in [0.5, 0.6) is 0 Å². The van der Waals surface area contributed by atoms with Crippen LogP contribution in [-0.4, -0.2) is 34.1 Å². The van der Waals surface area contributed by atoms with Gasteiger partial charge >= 0.3 is 0 Å². The molecule has 23 heavy (non-hydrogen) atoms. The second-order valence-corrected chi connectivity index (χ2v) is 6.88. The van der Waals surface area contributed by atoms with Crippen molar-refractivity contribution < 1.29 is 4.79 Å². The Kier molecular flexibility index (Phi) is 3.90. The van der Waals surface area contributed by atoms with Gasteiger partial charge in [0.05, 0.1) is 0 Å². The molecule has 0 bridgehead atoms. The molecule has 0 radical (unpaired) electrons. The maximum atomic E-state index is 12.9. The highest BCUT2D eigenvalue weighted by Crippen LogP contribution is 2.25. The van der Waals surface area contributed by atoms with E-state index >= 15 is 0 Å². The van der Waals surface area contributed by atoms with Crippen LogP contribution < -0.4 is 0 Å². The lowest BCUT2D eigenvalue weighted by molar-refractivity contribution is 0.0672. The molecule has 0 spiro atoms. The Bertz CT molecular complexity index is 693. The number of nitrogens with one attached hydrogen (secondary N) is 1. The van der Waals surface area contributed by atoms with Crippen molar-refractivity contribution >= 4 is 5.91 Å². The summed E-state index contributed by atoms with van der Waals surface area (Å²) < 4.78 is 0. The highest BCUT2D eigenvalue weighted by atomic mass is 16.2. The Hall–Kier alpha value is -2.10. The average molecular weight is 309 g/mol. The Morgan fingerprint density at radius 2 is 2.13 bits per heavy atom. The first kappa shape index (κ1) is 14.5. The minimum absolute atomic E-state index is 0.203. The standard InChI is InChI=1S/C19H23N3O/c23-19(17-7-6-15-4-1-5-16(15)12-17)22-10-2-3-14(13-22)11-18-8-9-20-21-18/h6-9,12,14H,1-5,10-11,13H2,(H,20,21)/t14-/m0/s1. The van der Waals surface area contributed by atoms with Crippen molar-refractivity contribution in [3.05, 3.63) is 52.8 Å². The van der Waals surface area contributed by atoms with Gasteiger partial charge in [-0.25, -0.2) is 0 Å². The number of hydrogen-bond donors (Lipinski definition) is 1. The third-order valence-corrected chi connectivity index (χ3v) is 5.22. The highest BCUT2D eigenvalue weighted by molar-refractivity contribution is 5.94. The van der Waals surface area contributed by atoms with Crippen LogP contribution in [0.25, 0.3) is 0 Å². The summed E-state index contributed by atoms with van der Waals surface area (Å²) in [6.45, 7) is 1.74. The molecule has 1 aromatic heterocycles. The van der Waals surface area contributed by atoms with Gasteiger partial charge in [-0.05, 0) is 73.8 Å². The quantitative estimate of drug-likeness (QED) is 0.947. The van der Waals surface area contributed by atoms with E-state index in [-0.39, 0.29) is 5.91 Å². The van der Waals surface area contributed by atoms with Crippen LogP contribution in [-0.2, 0) is 19.3 Å². The molecule has 4 rings (SSSR count). The van der Waals surface area contributed by atoms with Gasteiger partial charge in [0.2, 0.25) is 0 Å². The number of H-pyrrole nitrogens is 1. The molecule has 4 heteroatoms. The number of benzene rings is 1. The molecule has 1 atom stereocenters. The summed E-state index contributed by atoms with van der Waals surface area (Å²) in [4.78, 5) is 14.9. The topological polar surface area (TPSA) is 49.0 Å². The van der Waals surface area contributed by atoms with Crippen molar-refractivity contribution in [2.45, 2.75) is 38.5 Å². The largest absolute Gasteiger partial charge is 0.338 e. The molecule has 1 N–H and O–H groups in total. The number of piperidine rings is 1. The minimum atomic E-state index is 0.203. The normalized spacial score (nSPS) is 20.5. The van der Waals surface area contributed by atoms with Crippen molar-refractivity contribution in [1.82, 2.24) is 15.1 Å². The molecule has 1 fully saturated rings. The van der Waals surface area contributed by atoms with Gasteiger partial charge < -0.3 is 4.90 Å². The Morgan fingerprint density at radius 1 is 1.22 bits per heavy atom. The maximum absolute atomic E-state index is 12.9. The summed E-state index contributed by atoms with van der Waals surface area (Å²) in [7, 11) is 0. The molecule has 0 saturated carbocycles. The van der Waals surface area contributed by atoms with Crippen LogP contribution in [0.1, 0.15) is 46.4 Å². The SMILES string of the molecule is O=C(c1ccc2c(c1)CCC2)N1CCC[C@@H](Cc2ccn[nH]2)C1. The number of amides is 1. The number of hydrogen-bond acceptors (Lipinski definition) is 2. The lowest BCUT2D eigenvalue weighted by atomic mass is 9.93. The summed E-state index contributed by atoms with van der Waals surface area (Å²) in [5, 5.41) is 7.05. The summed E-state index contributed by atoms with van der Waals surface area (Å²) in [6.07, 6.45) is 8.57. The lowest BCUT2D eigenvalue weighted by Gasteiger charge is -2.32. The van der Waals surface area contributed by atoms with Crippen LogP contribution in [0, 0.1) is 5.92 Å². The van der Waals surface area contributed by atoms with Crippen LogP contribution in [0.3, 0.4) is 0 Å². The van der Waals surface area contributed by atoms with E-state index < -0.39 is 0 Å². The molecule has 1 aliphatic heterocycles. The van der Waals surface area contributed by atoms with Crippen LogP contribution in [0.4, 0.5) is 0 Å². The summed E-state index contributed by atoms with van der Waals surface area (Å²) in [5.74, 6) is 0.733. The number of rotatable bonds is 3. The number of aryl methyl sites for hydroxylation is 2. The minimum Gasteiger partial charge on any atom is -0.338 e. The summed E-state index contributed by atoms with van der Waals surface area (Å²) in [6, 6.07) is 8.33. The zero-order valence-electron chi connectivity index (χ0n) is 13.4. The molecule has 1 amide bonds. The van der Waals surface area contributed by atoms with Crippen LogP contribution in [0.15, 0.2) is 30.5 Å². The molecule has 1 aromatic carbocycles. The monoisotopic (exact) mass is 309 g/mol. The van der Waals surface area contributed by atoms with E-state index in [2.05, 4.69) is 22.3 Å². The third kappa shape index (κ3) is 3.03. The van der Waals surface area contributed by atoms with Gasteiger partial charge in [-0.2, -0.15) is 5.10 Å². The molecular weight excluding hydrogens is 286 g/mol. The Morgan fingerprint density at radius 3 is 3.00 bits per heavy atom. The molecular formula is C19H23N3O. The molecule has 120 valence electrons. The van der Waals surface area contributed by atoms with E-state index in [9.17, 15) is 4.79 Å². The molecule has 1 saturated heterocycles. The van der Waals surface area contributed by atoms with Crippen LogP contribution in [0.2, 0.25) is 0 Å². The number of nitrogens with zero attached hydrogens (tertiary/aromatic N) is 2. The van der Waals surface area contributed by atoms with Gasteiger partial charge in [0, 0.05) is 30.5 Å². The van der Waals surface area contributed by atoms with E-state index in [0.717, 1.165) is 37.9 Å². The summed E-state index contributed by atoms with van der Waals surface area (Å²) in [5.41, 5.74) is 4.84. The Balaban J connectivity index is 1.45. The summed E-state index contributed by atoms with van der Waals surface area (Å²) >= 11 is 0. The smallest absolute Gasteiger partial charge is 0.253 e. The van der Waals surface area contributed by atoms with Crippen molar-refractivity contribution in [2.24, 2.45) is 5.92 Å². The molecule has 0 unspecified atom stereocenters. The number of carbonyl (C=O) groups is 1. The van der Waals surface area contributed by atoms with Gasteiger partial charge in [-0.15, -0.1) is 0 Å². The zero-order valence-corrected chi connectivity index (χ0v) is 13.4. The fourth-order valence-corrected chi connectivity index (χ4v) is 4.01. The first-order valence-electron chi connectivity index (χ1n) is 8.69. The van der Waals surface area contributed by atoms with E-state index in [0.29, 0.717) is 5.92 Å². The molecule has 2 aromatic rings. The Labute approximate surface area is 136 Å². The number of carbonyl (C=O) groups excluding carboxylic acids is 1. The van der Waals surface area contributed by atoms with Crippen LogP contribution >= 0.6 is 0 Å². The second kappa shape index (κ2) is 6.19. The van der Waals surface area contributed by atoms with E-state index in [1.165, 1.54) is 36.1 Å². The first-order valence-corrected chi connectivity index (χ1v) is 8.69. The van der Waals surface area contributed by atoms with E-state index in [4.69, 9.17) is 0 Å². The van der Waals surface area contributed by atoms with Crippen molar-refractivity contribution in [2.75, 3.05) is 13.1 Å². The number of aromatic amines is 1. The number of aromatic nitrogens is 2. The first-order chi connectivity index (χ1) is 11.3. The van der Waals surface area contributed by atoms with Crippen molar-refractivity contribution in [3.8, 4) is 0 Å². The predicted octanol–water partition coefficient (Wildman–Crippen LogP) is 2.99. The van der Waals surface area contributed by atoms with Gasteiger partial charge in [0.1, 0.15) is 0 Å². The maximum Gasteiger partial charge on any atom is 0.253 e. The number of likely N-dealkylation sites (tertiary alicyclic amines) is 1. The molecule has 2 aliphatic rings. The highest BCUT2D eigenvalue weighted by Gasteiger charge is 2.25. The molecule has 2 heterocycles. The van der Waals surface area contributed by atoms with E-state index in [1.807, 2.05) is 17.0 Å². The van der Waals surface area contributed by atoms with Gasteiger partial charge in [0.25, 0.3) is 5.91 Å². The molecule has 4 nitrogen and oxygen atoms in total.